The average Bonchev–Trinajstić information content (AvgIpc) is 2.69. The second-order valence-electron chi connectivity index (χ2n) is 7.07. The molecule has 0 saturated carbocycles. The molecule has 2 heterocycles. The van der Waals surface area contributed by atoms with Gasteiger partial charge >= 0.3 is 6.18 Å². The lowest BCUT2D eigenvalue weighted by Crippen LogP contribution is -2.36. The number of piperidine rings is 1. The molecule has 0 aromatic carbocycles. The van der Waals surface area contributed by atoms with Gasteiger partial charge in [0.2, 0.25) is 11.9 Å². The number of halogens is 3. The minimum Gasteiger partial charge on any atom is -0.369 e. The largest absolute Gasteiger partial charge is 0.421 e. The fourth-order valence-electron chi connectivity index (χ4n) is 3.11. The van der Waals surface area contributed by atoms with Crippen molar-refractivity contribution in [3.63, 3.8) is 0 Å². The SMILES string of the molecule is CCC/C=C(\CC)Nc1ncc(C(F)(F)F)c(NCCCN2CCCCC2=O)n1. The van der Waals surface area contributed by atoms with Gasteiger partial charge in [0.15, 0.2) is 0 Å². The van der Waals surface area contributed by atoms with Crippen molar-refractivity contribution in [3.05, 3.63) is 23.5 Å². The number of anilines is 2. The van der Waals surface area contributed by atoms with E-state index in [-0.39, 0.29) is 24.2 Å². The van der Waals surface area contributed by atoms with Gasteiger partial charge < -0.3 is 15.5 Å². The summed E-state index contributed by atoms with van der Waals surface area (Å²) in [5.41, 5.74) is -0.0196. The molecule has 0 atom stereocenters. The van der Waals surface area contributed by atoms with Gasteiger partial charge in [0.05, 0.1) is 0 Å². The highest BCUT2D eigenvalue weighted by molar-refractivity contribution is 5.76. The molecule has 0 radical (unpaired) electrons. The van der Waals surface area contributed by atoms with Gasteiger partial charge in [-0.25, -0.2) is 4.98 Å². The number of nitrogens with one attached hydrogen (secondary N) is 2. The molecule has 1 aliphatic rings. The van der Waals surface area contributed by atoms with Crippen LogP contribution in [-0.2, 0) is 11.0 Å². The van der Waals surface area contributed by atoms with E-state index in [9.17, 15) is 18.0 Å². The van der Waals surface area contributed by atoms with E-state index in [4.69, 9.17) is 0 Å². The lowest BCUT2D eigenvalue weighted by atomic mass is 10.1. The van der Waals surface area contributed by atoms with Crippen LogP contribution in [0, 0.1) is 0 Å². The van der Waals surface area contributed by atoms with Crippen LogP contribution in [0.3, 0.4) is 0 Å². The molecule has 1 aliphatic heterocycles. The van der Waals surface area contributed by atoms with Gasteiger partial charge in [0.1, 0.15) is 11.4 Å². The first kappa shape index (κ1) is 23.0. The number of unbranched alkanes of at least 4 members (excludes halogenated alkanes) is 1. The van der Waals surface area contributed by atoms with Gasteiger partial charge in [-0.1, -0.05) is 26.3 Å². The summed E-state index contributed by atoms with van der Waals surface area (Å²) < 4.78 is 40.0. The van der Waals surface area contributed by atoms with E-state index < -0.39 is 11.7 Å². The number of allylic oxidation sites excluding steroid dienone is 2. The molecule has 162 valence electrons. The Hall–Kier alpha value is -2.32. The predicted molar refractivity (Wildman–Crippen MR) is 107 cm³/mol. The van der Waals surface area contributed by atoms with E-state index in [1.807, 2.05) is 13.0 Å². The van der Waals surface area contributed by atoms with E-state index in [0.717, 1.165) is 44.1 Å². The van der Waals surface area contributed by atoms with Crippen LogP contribution in [0.15, 0.2) is 18.0 Å². The van der Waals surface area contributed by atoms with Gasteiger partial charge in [0.25, 0.3) is 0 Å². The van der Waals surface area contributed by atoms with Crippen molar-refractivity contribution < 1.29 is 18.0 Å². The molecular formula is C20H30F3N5O. The maximum Gasteiger partial charge on any atom is 0.421 e. The first-order chi connectivity index (χ1) is 13.8. The maximum atomic E-state index is 13.3. The highest BCUT2D eigenvalue weighted by Crippen LogP contribution is 2.34. The Bertz CT molecular complexity index is 706. The molecule has 0 bridgehead atoms. The van der Waals surface area contributed by atoms with E-state index in [0.29, 0.717) is 25.8 Å². The fraction of sp³-hybridized carbons (Fsp3) is 0.650. The number of amides is 1. The molecule has 6 nitrogen and oxygen atoms in total. The summed E-state index contributed by atoms with van der Waals surface area (Å²) in [4.78, 5) is 21.5. The van der Waals surface area contributed by atoms with Gasteiger partial charge in [-0.15, -0.1) is 0 Å². The molecule has 29 heavy (non-hydrogen) atoms. The van der Waals surface area contributed by atoms with Crippen molar-refractivity contribution in [1.82, 2.24) is 14.9 Å². The second kappa shape index (κ2) is 11.0. The summed E-state index contributed by atoms with van der Waals surface area (Å²) in [7, 11) is 0. The van der Waals surface area contributed by atoms with Crippen LogP contribution in [0.2, 0.25) is 0 Å². The lowest BCUT2D eigenvalue weighted by Gasteiger charge is -2.26. The van der Waals surface area contributed by atoms with Crippen molar-refractivity contribution in [2.75, 3.05) is 30.3 Å². The quantitative estimate of drug-likeness (QED) is 0.539. The molecule has 2 rings (SSSR count). The van der Waals surface area contributed by atoms with Crippen LogP contribution in [0.5, 0.6) is 0 Å². The van der Waals surface area contributed by atoms with Gasteiger partial charge in [0, 0.05) is 37.9 Å². The zero-order valence-electron chi connectivity index (χ0n) is 17.1. The minimum atomic E-state index is -4.55. The highest BCUT2D eigenvalue weighted by atomic mass is 19.4. The Kier molecular flexibility index (Phi) is 8.72. The molecule has 1 fully saturated rings. The standard InChI is InChI=1S/C20H30F3N5O/c1-3-5-9-15(4-2)26-19-25-14-16(20(21,22)23)18(27-19)24-11-8-13-28-12-7-6-10-17(28)29/h9,14H,3-8,10-13H2,1-2H3,(H2,24,25,26,27)/b15-9+. The lowest BCUT2D eigenvalue weighted by molar-refractivity contribution is -0.137. The fourth-order valence-corrected chi connectivity index (χ4v) is 3.11. The van der Waals surface area contributed by atoms with Crippen LogP contribution < -0.4 is 10.6 Å². The first-order valence-electron chi connectivity index (χ1n) is 10.3. The Morgan fingerprint density at radius 1 is 1.31 bits per heavy atom. The number of hydrogen-bond donors (Lipinski definition) is 2. The number of likely N-dealkylation sites (tertiary alicyclic amines) is 1. The normalized spacial score (nSPS) is 15.6. The number of carbonyl (C=O) groups is 1. The third kappa shape index (κ3) is 7.21. The molecule has 1 saturated heterocycles. The zero-order chi connectivity index (χ0) is 21.3. The minimum absolute atomic E-state index is 0.117. The smallest absolute Gasteiger partial charge is 0.369 e. The predicted octanol–water partition coefficient (Wildman–Crippen LogP) is 4.82. The van der Waals surface area contributed by atoms with Crippen molar-refractivity contribution in [2.24, 2.45) is 0 Å². The van der Waals surface area contributed by atoms with Crippen molar-refractivity contribution in [1.29, 1.82) is 0 Å². The third-order valence-corrected chi connectivity index (χ3v) is 4.75. The summed E-state index contributed by atoms with van der Waals surface area (Å²) in [6, 6.07) is 0. The summed E-state index contributed by atoms with van der Waals surface area (Å²) in [6.07, 6.45) is 3.80. The molecule has 2 N–H and O–H groups in total. The maximum absolute atomic E-state index is 13.3. The number of aromatic nitrogens is 2. The van der Waals surface area contributed by atoms with Gasteiger partial charge in [-0.05, 0) is 32.1 Å². The molecule has 0 spiro atoms. The summed E-state index contributed by atoms with van der Waals surface area (Å²) in [5, 5.41) is 5.79. The van der Waals surface area contributed by atoms with Gasteiger partial charge in [-0.3, -0.25) is 4.79 Å². The van der Waals surface area contributed by atoms with E-state index in [1.54, 1.807) is 4.90 Å². The van der Waals surface area contributed by atoms with Crippen LogP contribution >= 0.6 is 0 Å². The second-order valence-corrected chi connectivity index (χ2v) is 7.07. The van der Waals surface area contributed by atoms with E-state index in [2.05, 4.69) is 27.5 Å². The Labute approximate surface area is 170 Å². The van der Waals surface area contributed by atoms with Crippen LogP contribution in [-0.4, -0.2) is 40.4 Å². The molecule has 1 aromatic heterocycles. The van der Waals surface area contributed by atoms with Crippen molar-refractivity contribution in [3.8, 4) is 0 Å². The van der Waals surface area contributed by atoms with Crippen LogP contribution in [0.4, 0.5) is 24.9 Å². The third-order valence-electron chi connectivity index (χ3n) is 4.75. The highest BCUT2D eigenvalue weighted by Gasteiger charge is 2.35. The first-order valence-corrected chi connectivity index (χ1v) is 10.3. The summed E-state index contributed by atoms with van der Waals surface area (Å²) in [5.74, 6) is 0.00791. The Morgan fingerprint density at radius 3 is 2.76 bits per heavy atom. The van der Waals surface area contributed by atoms with Crippen molar-refractivity contribution >= 4 is 17.7 Å². The molecule has 9 heteroatoms. The van der Waals surface area contributed by atoms with Crippen LogP contribution in [0.1, 0.15) is 64.4 Å². The Morgan fingerprint density at radius 2 is 2.10 bits per heavy atom. The van der Waals surface area contributed by atoms with E-state index >= 15 is 0 Å². The number of alkyl halides is 3. The topological polar surface area (TPSA) is 70.2 Å². The molecule has 1 amide bonds. The molecule has 0 unspecified atom stereocenters. The number of carbonyl (C=O) groups excluding carboxylic acids is 1. The summed E-state index contributed by atoms with van der Waals surface area (Å²) >= 11 is 0. The van der Waals surface area contributed by atoms with Crippen LogP contribution in [0.25, 0.3) is 0 Å². The number of rotatable bonds is 10. The van der Waals surface area contributed by atoms with Crippen molar-refractivity contribution in [2.45, 2.75) is 65.0 Å². The molecule has 1 aromatic rings. The average molecular weight is 413 g/mol. The molecule has 0 aliphatic carbocycles. The summed E-state index contributed by atoms with van der Waals surface area (Å²) in [6.45, 7) is 5.55. The number of nitrogens with zero attached hydrogens (tertiary/aromatic N) is 3. The monoisotopic (exact) mass is 413 g/mol. The van der Waals surface area contributed by atoms with E-state index in [1.165, 1.54) is 0 Å². The zero-order valence-corrected chi connectivity index (χ0v) is 17.1. The number of hydrogen-bond acceptors (Lipinski definition) is 5. The van der Waals surface area contributed by atoms with Gasteiger partial charge in [-0.2, -0.15) is 18.2 Å². The Balaban J connectivity index is 2.03. The molecular weight excluding hydrogens is 383 g/mol.